The summed E-state index contributed by atoms with van der Waals surface area (Å²) in [6.07, 6.45) is 0. The number of aliphatic hydroxyl groups is 1. The van der Waals surface area contributed by atoms with Crippen molar-refractivity contribution < 1.29 is 23.8 Å². The fourth-order valence-corrected chi connectivity index (χ4v) is 5.13. The van der Waals surface area contributed by atoms with Crippen LogP contribution in [0, 0.1) is 12.7 Å². The zero-order chi connectivity index (χ0) is 24.0. The molecule has 1 N–H and O–H groups in total. The number of benzene rings is 3. The first-order valence-electron chi connectivity index (χ1n) is 10.5. The third-order valence-corrected chi connectivity index (χ3v) is 6.73. The first-order valence-corrected chi connectivity index (χ1v) is 11.3. The van der Waals surface area contributed by atoms with Crippen LogP contribution in [0.4, 0.5) is 9.52 Å². The van der Waals surface area contributed by atoms with Gasteiger partial charge in [0, 0.05) is 5.56 Å². The Hall–Kier alpha value is -4.04. The summed E-state index contributed by atoms with van der Waals surface area (Å²) in [7, 11) is 1.49. The van der Waals surface area contributed by atoms with Gasteiger partial charge < -0.3 is 9.84 Å². The minimum atomic E-state index is -0.978. The monoisotopic (exact) mass is 474 g/mol. The smallest absolute Gasteiger partial charge is 0.301 e. The highest BCUT2D eigenvalue weighted by Gasteiger charge is 2.48. The molecular weight excluding hydrogens is 455 g/mol. The Morgan fingerprint density at radius 2 is 1.85 bits per heavy atom. The van der Waals surface area contributed by atoms with Gasteiger partial charge in [-0.3, -0.25) is 14.5 Å². The number of hydrogen-bond donors (Lipinski definition) is 1. The zero-order valence-electron chi connectivity index (χ0n) is 18.3. The topological polar surface area (TPSA) is 79.7 Å². The SMILES string of the molecule is COc1cccc(/C(O)=C2\C(=O)C(=O)N(c3nc4ccc(C)cc4s3)C2c2ccc(F)cc2)c1. The standard InChI is InChI=1S/C26H19FN2O4S/c1-14-6-11-19-20(12-14)34-26(28-19)29-22(15-7-9-17(27)10-8-15)21(24(31)25(29)32)23(30)16-4-3-5-18(13-16)33-2/h3-13,22,30H,1-2H3/b23-21+. The van der Waals surface area contributed by atoms with Crippen molar-refractivity contribution in [2.75, 3.05) is 12.0 Å². The zero-order valence-corrected chi connectivity index (χ0v) is 19.1. The lowest BCUT2D eigenvalue weighted by atomic mass is 9.95. The summed E-state index contributed by atoms with van der Waals surface area (Å²) in [5, 5.41) is 11.5. The molecule has 1 unspecified atom stereocenters. The number of fused-ring (bicyclic) bond motifs is 1. The van der Waals surface area contributed by atoms with Crippen molar-refractivity contribution in [3.05, 3.63) is 94.8 Å². The van der Waals surface area contributed by atoms with E-state index >= 15 is 0 Å². The second kappa shape index (κ2) is 8.39. The maximum atomic E-state index is 13.7. The molecule has 5 rings (SSSR count). The molecule has 1 fully saturated rings. The minimum Gasteiger partial charge on any atom is -0.507 e. The Bertz CT molecular complexity index is 1480. The average Bonchev–Trinajstić information content (AvgIpc) is 3.37. The summed E-state index contributed by atoms with van der Waals surface area (Å²) in [6, 6.07) is 16.8. The lowest BCUT2D eigenvalue weighted by molar-refractivity contribution is -0.132. The van der Waals surface area contributed by atoms with Crippen LogP contribution in [0.5, 0.6) is 5.75 Å². The molecule has 0 radical (unpaired) electrons. The third-order valence-electron chi connectivity index (χ3n) is 5.71. The quantitative estimate of drug-likeness (QED) is 0.244. The van der Waals surface area contributed by atoms with E-state index in [-0.39, 0.29) is 11.3 Å². The van der Waals surface area contributed by atoms with E-state index in [0.29, 0.717) is 27.5 Å². The van der Waals surface area contributed by atoms with Crippen molar-refractivity contribution in [2.24, 2.45) is 0 Å². The van der Waals surface area contributed by atoms with Crippen LogP contribution in [-0.2, 0) is 9.59 Å². The van der Waals surface area contributed by atoms with E-state index in [1.807, 2.05) is 25.1 Å². The second-order valence-electron chi connectivity index (χ2n) is 7.92. The van der Waals surface area contributed by atoms with Crippen LogP contribution in [0.3, 0.4) is 0 Å². The highest BCUT2D eigenvalue weighted by atomic mass is 32.1. The van der Waals surface area contributed by atoms with Gasteiger partial charge in [0.15, 0.2) is 5.13 Å². The normalized spacial score (nSPS) is 17.5. The van der Waals surface area contributed by atoms with Gasteiger partial charge in [0.05, 0.1) is 28.9 Å². The predicted molar refractivity (Wildman–Crippen MR) is 129 cm³/mol. The first-order chi connectivity index (χ1) is 16.4. The molecule has 1 aromatic heterocycles. The van der Waals surface area contributed by atoms with Gasteiger partial charge in [0.2, 0.25) is 0 Å². The summed E-state index contributed by atoms with van der Waals surface area (Å²) in [6.45, 7) is 1.96. The van der Waals surface area contributed by atoms with E-state index in [0.717, 1.165) is 10.3 Å². The Balaban J connectivity index is 1.73. The van der Waals surface area contributed by atoms with E-state index < -0.39 is 23.5 Å². The molecule has 0 aliphatic carbocycles. The van der Waals surface area contributed by atoms with Crippen LogP contribution in [0.2, 0.25) is 0 Å². The van der Waals surface area contributed by atoms with Crippen molar-refractivity contribution in [1.82, 2.24) is 4.98 Å². The van der Waals surface area contributed by atoms with Crippen molar-refractivity contribution in [3.63, 3.8) is 0 Å². The number of aromatic nitrogens is 1. The fourth-order valence-electron chi connectivity index (χ4n) is 4.04. The largest absolute Gasteiger partial charge is 0.507 e. The van der Waals surface area contributed by atoms with Crippen molar-refractivity contribution in [3.8, 4) is 5.75 Å². The summed E-state index contributed by atoms with van der Waals surface area (Å²) in [5.74, 6) is -1.97. The molecule has 8 heteroatoms. The van der Waals surface area contributed by atoms with Gasteiger partial charge in [-0.15, -0.1) is 0 Å². The van der Waals surface area contributed by atoms with Gasteiger partial charge in [0.25, 0.3) is 5.78 Å². The van der Waals surface area contributed by atoms with E-state index in [4.69, 9.17) is 4.74 Å². The summed E-state index contributed by atoms with van der Waals surface area (Å²) in [4.78, 5) is 32.4. The van der Waals surface area contributed by atoms with E-state index in [1.165, 1.54) is 47.6 Å². The van der Waals surface area contributed by atoms with Gasteiger partial charge in [-0.05, 0) is 54.4 Å². The molecule has 0 bridgehead atoms. The highest BCUT2D eigenvalue weighted by Crippen LogP contribution is 2.44. The number of methoxy groups -OCH3 is 1. The van der Waals surface area contributed by atoms with E-state index in [2.05, 4.69) is 4.98 Å². The third kappa shape index (κ3) is 3.62. The van der Waals surface area contributed by atoms with Gasteiger partial charge in [-0.2, -0.15) is 0 Å². The number of hydrogen-bond acceptors (Lipinski definition) is 6. The molecule has 1 saturated heterocycles. The number of amides is 1. The number of rotatable bonds is 4. The number of aliphatic hydroxyl groups excluding tert-OH is 1. The number of aryl methyl sites for hydroxylation is 1. The van der Waals surface area contributed by atoms with Crippen molar-refractivity contribution in [1.29, 1.82) is 0 Å². The number of nitrogens with zero attached hydrogens (tertiary/aromatic N) is 2. The Labute approximate surface area is 198 Å². The lowest BCUT2D eigenvalue weighted by Gasteiger charge is -2.23. The summed E-state index contributed by atoms with van der Waals surface area (Å²) in [5.41, 5.74) is 2.43. The molecule has 1 atom stereocenters. The molecule has 2 heterocycles. The van der Waals surface area contributed by atoms with Crippen LogP contribution < -0.4 is 9.64 Å². The van der Waals surface area contributed by atoms with Gasteiger partial charge in [0.1, 0.15) is 17.3 Å². The Morgan fingerprint density at radius 3 is 2.59 bits per heavy atom. The number of anilines is 1. The van der Waals surface area contributed by atoms with Crippen LogP contribution in [0.25, 0.3) is 16.0 Å². The van der Waals surface area contributed by atoms with Crippen LogP contribution in [-0.4, -0.2) is 28.9 Å². The maximum absolute atomic E-state index is 13.7. The minimum absolute atomic E-state index is 0.0969. The number of halogens is 1. The molecule has 6 nitrogen and oxygen atoms in total. The second-order valence-corrected chi connectivity index (χ2v) is 8.93. The predicted octanol–water partition coefficient (Wildman–Crippen LogP) is 5.38. The molecule has 0 spiro atoms. The molecule has 1 aliphatic rings. The highest BCUT2D eigenvalue weighted by molar-refractivity contribution is 7.22. The summed E-state index contributed by atoms with van der Waals surface area (Å²) < 4.78 is 19.8. The Kier molecular flexibility index (Phi) is 5.37. The van der Waals surface area contributed by atoms with Crippen LogP contribution >= 0.6 is 11.3 Å². The molecule has 0 saturated carbocycles. The number of carbonyl (C=O) groups is 2. The van der Waals surface area contributed by atoms with Gasteiger partial charge in [-0.1, -0.05) is 41.7 Å². The first kappa shape index (κ1) is 21.8. The van der Waals surface area contributed by atoms with Crippen molar-refractivity contribution in [2.45, 2.75) is 13.0 Å². The van der Waals surface area contributed by atoms with Crippen LogP contribution in [0.1, 0.15) is 22.7 Å². The number of ketones is 1. The average molecular weight is 475 g/mol. The molecule has 4 aromatic rings. The molecule has 170 valence electrons. The van der Waals surface area contributed by atoms with Gasteiger partial charge >= 0.3 is 5.91 Å². The maximum Gasteiger partial charge on any atom is 0.301 e. The lowest BCUT2D eigenvalue weighted by Crippen LogP contribution is -2.29. The number of carbonyl (C=O) groups excluding carboxylic acids is 2. The van der Waals surface area contributed by atoms with Crippen molar-refractivity contribution >= 4 is 44.1 Å². The van der Waals surface area contributed by atoms with E-state index in [9.17, 15) is 19.1 Å². The number of Topliss-reactive ketones (excluding diaryl/α,β-unsaturated/α-hetero) is 1. The molecule has 34 heavy (non-hydrogen) atoms. The fraction of sp³-hybridized carbons (Fsp3) is 0.115. The summed E-state index contributed by atoms with van der Waals surface area (Å²) >= 11 is 1.28. The number of thiazole rings is 1. The van der Waals surface area contributed by atoms with E-state index in [1.54, 1.807) is 24.3 Å². The molecule has 1 aliphatic heterocycles. The molecule has 1 amide bonds. The van der Waals surface area contributed by atoms with Crippen LogP contribution in [0.15, 0.2) is 72.3 Å². The molecule has 3 aromatic carbocycles. The molecular formula is C26H19FN2O4S. The number of ether oxygens (including phenoxy) is 1. The van der Waals surface area contributed by atoms with Gasteiger partial charge in [-0.25, -0.2) is 9.37 Å². The Morgan fingerprint density at radius 1 is 1.09 bits per heavy atom.